The van der Waals surface area contributed by atoms with Gasteiger partial charge in [-0.3, -0.25) is 20.6 Å². The molecule has 6 heteroatoms. The van der Waals surface area contributed by atoms with Crippen LogP contribution in [-0.2, 0) is 4.79 Å². The van der Waals surface area contributed by atoms with Crippen molar-refractivity contribution < 1.29 is 4.79 Å². The van der Waals surface area contributed by atoms with E-state index in [2.05, 4.69) is 27.7 Å². The highest BCUT2D eigenvalue weighted by atomic mass is 16.2. The molecule has 0 fully saturated rings. The Morgan fingerprint density at radius 2 is 2.31 bits per heavy atom. The van der Waals surface area contributed by atoms with E-state index in [1.165, 1.54) is 6.20 Å². The highest BCUT2D eigenvalue weighted by Gasteiger charge is 2.00. The number of nitrogens with zero attached hydrogens (tertiary/aromatic N) is 1. The number of hydrogen-bond acceptors (Lipinski definition) is 4. The van der Waals surface area contributed by atoms with Crippen LogP contribution in [0.5, 0.6) is 0 Å². The molecule has 0 saturated carbocycles. The smallest absolute Gasteiger partial charge is 0.291 e. The van der Waals surface area contributed by atoms with E-state index in [9.17, 15) is 9.59 Å². The molecule has 0 atom stereocenters. The monoisotopic (exact) mass is 224 g/mol. The van der Waals surface area contributed by atoms with Gasteiger partial charge in [0, 0.05) is 12.6 Å². The van der Waals surface area contributed by atoms with Crippen LogP contribution < -0.4 is 16.5 Å². The van der Waals surface area contributed by atoms with Crippen molar-refractivity contribution in [1.82, 2.24) is 15.4 Å². The number of H-pyrrole nitrogens is 1. The van der Waals surface area contributed by atoms with Crippen LogP contribution in [-0.4, -0.2) is 15.9 Å². The minimum absolute atomic E-state index is 0.0916. The molecule has 1 amide bonds. The molecule has 3 N–H and O–H groups in total. The van der Waals surface area contributed by atoms with Crippen molar-refractivity contribution >= 4 is 11.7 Å². The van der Waals surface area contributed by atoms with E-state index in [0.717, 1.165) is 19.3 Å². The summed E-state index contributed by atoms with van der Waals surface area (Å²) in [6, 6.07) is 1.56. The molecule has 0 aliphatic carbocycles. The van der Waals surface area contributed by atoms with Gasteiger partial charge in [-0.05, 0) is 12.5 Å². The number of hydrogen-bond donors (Lipinski definition) is 3. The molecule has 88 valence electrons. The van der Waals surface area contributed by atoms with Gasteiger partial charge in [0.15, 0.2) is 0 Å². The van der Waals surface area contributed by atoms with Crippen LogP contribution in [0.15, 0.2) is 17.1 Å². The summed E-state index contributed by atoms with van der Waals surface area (Å²) in [5, 5.41) is 0. The molecule has 0 aromatic carbocycles. The van der Waals surface area contributed by atoms with E-state index < -0.39 is 5.69 Å². The first-order valence-corrected chi connectivity index (χ1v) is 5.32. The minimum Gasteiger partial charge on any atom is -0.291 e. The lowest BCUT2D eigenvalue weighted by Crippen LogP contribution is -2.30. The zero-order valence-corrected chi connectivity index (χ0v) is 9.25. The van der Waals surface area contributed by atoms with Crippen LogP contribution in [0.4, 0.5) is 5.82 Å². The number of aromatic amines is 1. The Labute approximate surface area is 93.5 Å². The maximum absolute atomic E-state index is 11.3. The van der Waals surface area contributed by atoms with Gasteiger partial charge in [0.05, 0.1) is 0 Å². The Morgan fingerprint density at radius 3 is 3.00 bits per heavy atom. The van der Waals surface area contributed by atoms with Crippen LogP contribution >= 0.6 is 0 Å². The van der Waals surface area contributed by atoms with Gasteiger partial charge < -0.3 is 0 Å². The molecule has 1 aromatic heterocycles. The number of carbonyl (C=O) groups is 1. The third-order valence-electron chi connectivity index (χ3n) is 2.02. The summed E-state index contributed by atoms with van der Waals surface area (Å²) in [5.74, 6) is 0.329. The summed E-state index contributed by atoms with van der Waals surface area (Å²) >= 11 is 0. The summed E-state index contributed by atoms with van der Waals surface area (Å²) < 4.78 is 0. The van der Waals surface area contributed by atoms with Gasteiger partial charge in [0.1, 0.15) is 5.82 Å². The van der Waals surface area contributed by atoms with E-state index in [4.69, 9.17) is 0 Å². The predicted molar refractivity (Wildman–Crippen MR) is 60.8 cm³/mol. The second kappa shape index (κ2) is 6.60. The van der Waals surface area contributed by atoms with Crippen molar-refractivity contribution in [2.75, 3.05) is 5.43 Å². The van der Waals surface area contributed by atoms with Gasteiger partial charge in [0.2, 0.25) is 5.91 Å². The largest absolute Gasteiger partial charge is 0.346 e. The summed E-state index contributed by atoms with van der Waals surface area (Å²) in [5.41, 5.74) is 4.66. The standard InChI is InChI=1S/C10H16N4O2/c1-2-3-4-5-9(15)14-13-8-6-7-11-10(16)12-8/h6-7H,2-5H2,1H3,(H,14,15)(H2,11,12,13,16). The average Bonchev–Trinajstić information content (AvgIpc) is 2.27. The molecule has 0 spiro atoms. The van der Waals surface area contributed by atoms with Gasteiger partial charge in [-0.2, -0.15) is 0 Å². The Balaban J connectivity index is 2.29. The molecule has 1 rings (SSSR count). The van der Waals surface area contributed by atoms with Gasteiger partial charge in [0.25, 0.3) is 0 Å². The Kier molecular flexibility index (Phi) is 5.04. The highest BCUT2D eigenvalue weighted by molar-refractivity contribution is 5.76. The van der Waals surface area contributed by atoms with E-state index in [0.29, 0.717) is 12.2 Å². The van der Waals surface area contributed by atoms with Crippen molar-refractivity contribution in [3.63, 3.8) is 0 Å². The fourth-order valence-corrected chi connectivity index (χ4v) is 1.18. The fraction of sp³-hybridized carbons (Fsp3) is 0.500. The molecule has 0 aliphatic heterocycles. The lowest BCUT2D eigenvalue weighted by molar-refractivity contribution is -0.120. The van der Waals surface area contributed by atoms with Crippen LogP contribution in [0.3, 0.4) is 0 Å². The third-order valence-corrected chi connectivity index (χ3v) is 2.02. The third kappa shape index (κ3) is 4.59. The van der Waals surface area contributed by atoms with E-state index in [1.807, 2.05) is 0 Å². The molecule has 6 nitrogen and oxygen atoms in total. The minimum atomic E-state index is -0.453. The number of anilines is 1. The summed E-state index contributed by atoms with van der Waals surface area (Å²) in [4.78, 5) is 28.0. The number of amides is 1. The molecule has 0 unspecified atom stereocenters. The van der Waals surface area contributed by atoms with Gasteiger partial charge in [-0.15, -0.1) is 0 Å². The van der Waals surface area contributed by atoms with Crippen molar-refractivity contribution in [3.05, 3.63) is 22.7 Å². The summed E-state index contributed by atoms with van der Waals surface area (Å²) in [6.07, 6.45) is 4.84. The van der Waals surface area contributed by atoms with Gasteiger partial charge >= 0.3 is 5.69 Å². The van der Waals surface area contributed by atoms with Gasteiger partial charge in [-0.1, -0.05) is 19.8 Å². The van der Waals surface area contributed by atoms with Crippen LogP contribution in [0.2, 0.25) is 0 Å². The first-order valence-electron chi connectivity index (χ1n) is 5.32. The van der Waals surface area contributed by atoms with E-state index >= 15 is 0 Å². The second-order valence-corrected chi connectivity index (χ2v) is 3.42. The number of rotatable bonds is 6. The van der Waals surface area contributed by atoms with Crippen molar-refractivity contribution in [2.24, 2.45) is 0 Å². The number of hydrazine groups is 1. The van der Waals surface area contributed by atoms with E-state index in [-0.39, 0.29) is 5.91 Å². The second-order valence-electron chi connectivity index (χ2n) is 3.42. The molecule has 16 heavy (non-hydrogen) atoms. The maximum Gasteiger partial charge on any atom is 0.346 e. The molecule has 0 bridgehead atoms. The molecule has 1 aromatic rings. The average molecular weight is 224 g/mol. The van der Waals surface area contributed by atoms with Gasteiger partial charge in [-0.25, -0.2) is 9.78 Å². The first kappa shape index (κ1) is 12.2. The molecule has 0 aliphatic rings. The Bertz CT molecular complexity index is 388. The van der Waals surface area contributed by atoms with Crippen molar-refractivity contribution in [1.29, 1.82) is 0 Å². The Morgan fingerprint density at radius 1 is 1.50 bits per heavy atom. The van der Waals surface area contributed by atoms with E-state index in [1.54, 1.807) is 6.07 Å². The van der Waals surface area contributed by atoms with Crippen molar-refractivity contribution in [3.8, 4) is 0 Å². The summed E-state index contributed by atoms with van der Waals surface area (Å²) in [6.45, 7) is 2.08. The molecule has 1 heterocycles. The van der Waals surface area contributed by atoms with Crippen LogP contribution in [0, 0.1) is 0 Å². The summed E-state index contributed by atoms with van der Waals surface area (Å²) in [7, 11) is 0. The highest BCUT2D eigenvalue weighted by Crippen LogP contribution is 1.98. The lowest BCUT2D eigenvalue weighted by Gasteiger charge is -2.07. The zero-order chi connectivity index (χ0) is 11.8. The van der Waals surface area contributed by atoms with Crippen LogP contribution in [0.25, 0.3) is 0 Å². The lowest BCUT2D eigenvalue weighted by atomic mass is 10.2. The number of nitrogens with one attached hydrogen (secondary N) is 3. The zero-order valence-electron chi connectivity index (χ0n) is 9.25. The Hall–Kier alpha value is -1.85. The quantitative estimate of drug-likeness (QED) is 0.492. The number of aromatic nitrogens is 2. The van der Waals surface area contributed by atoms with Crippen LogP contribution in [0.1, 0.15) is 32.6 Å². The molecular weight excluding hydrogens is 208 g/mol. The normalized spacial score (nSPS) is 9.81. The topological polar surface area (TPSA) is 86.9 Å². The SMILES string of the molecule is CCCCCC(=O)NNc1ccnc(=O)[nH]1. The number of unbranched alkanes of at least 4 members (excludes halogenated alkanes) is 2. The molecule has 0 radical (unpaired) electrons. The molecule has 0 saturated heterocycles. The predicted octanol–water partition coefficient (Wildman–Crippen LogP) is 0.793. The van der Waals surface area contributed by atoms with Crippen molar-refractivity contribution in [2.45, 2.75) is 32.6 Å². The first-order chi connectivity index (χ1) is 7.72. The maximum atomic E-state index is 11.3. The number of carbonyl (C=O) groups excluding carboxylic acids is 1. The molecular formula is C10H16N4O2. The fourth-order valence-electron chi connectivity index (χ4n) is 1.18.